The Hall–Kier alpha value is -1.78. The molecular weight excluding hydrogens is 468 g/mol. The largest absolute Gasteiger partial charge is 2.00 e. The fourth-order valence-electron chi connectivity index (χ4n) is 3.70. The van der Waals surface area contributed by atoms with Crippen LogP contribution in [0, 0.1) is 0 Å². The van der Waals surface area contributed by atoms with Crippen molar-refractivity contribution >= 4 is 37.1 Å². The van der Waals surface area contributed by atoms with E-state index in [0.29, 0.717) is 0 Å². The van der Waals surface area contributed by atoms with Crippen LogP contribution >= 0.6 is 15.8 Å². The summed E-state index contributed by atoms with van der Waals surface area (Å²) in [5.41, 5.74) is 0. The van der Waals surface area contributed by atoms with Gasteiger partial charge in [-0.1, -0.05) is 121 Å². The molecule has 0 unspecified atom stereocenters. The molecule has 0 amide bonds. The zero-order valence-electron chi connectivity index (χ0n) is 18.1. The van der Waals surface area contributed by atoms with Gasteiger partial charge in [-0.05, 0) is 49.4 Å². The molecule has 0 radical (unpaired) electrons. The molecule has 0 aliphatic heterocycles. The molecule has 0 aromatic heterocycles. The van der Waals surface area contributed by atoms with Gasteiger partial charge >= 0.3 is 17.1 Å². The van der Waals surface area contributed by atoms with Gasteiger partial charge in [0.2, 0.25) is 0 Å². The van der Waals surface area contributed by atoms with Gasteiger partial charge in [0.25, 0.3) is 0 Å². The van der Waals surface area contributed by atoms with Crippen LogP contribution in [-0.2, 0) is 17.1 Å². The fraction of sp³-hybridized carbons (Fsp3) is 0.143. The van der Waals surface area contributed by atoms with Crippen LogP contribution in [0.1, 0.15) is 0 Å². The minimum absolute atomic E-state index is 0. The van der Waals surface area contributed by atoms with Crippen LogP contribution in [0.25, 0.3) is 5.32 Å². The van der Waals surface area contributed by atoms with Crippen LogP contribution in [0.15, 0.2) is 121 Å². The Morgan fingerprint density at radius 3 is 0.906 bits per heavy atom. The van der Waals surface area contributed by atoms with Crippen LogP contribution < -0.4 is 21.2 Å². The third-order valence-electron chi connectivity index (χ3n) is 5.23. The predicted molar refractivity (Wildman–Crippen MR) is 141 cm³/mol. The smallest absolute Gasteiger partial charge is 0.662 e. The van der Waals surface area contributed by atoms with Crippen molar-refractivity contribution in [3.8, 4) is 0 Å². The molecule has 1 nitrogen and oxygen atoms in total. The Kier molecular flexibility index (Phi) is 10.6. The minimum Gasteiger partial charge on any atom is -0.662 e. The van der Waals surface area contributed by atoms with Crippen molar-refractivity contribution in [3.05, 3.63) is 127 Å². The molecule has 4 aromatic rings. The number of nitrogens with zero attached hydrogens (tertiary/aromatic N) is 1. The Morgan fingerprint density at radius 1 is 0.406 bits per heavy atom. The number of benzene rings is 4. The summed E-state index contributed by atoms with van der Waals surface area (Å²) in [5.74, 6) is 0. The first-order chi connectivity index (χ1) is 15.4. The standard InChI is InChI=1S/C28H28NP2.Fe/c1-5-13-25(14-6-1)30(26-15-7-2-8-16-26)23-21-29-22-24-31(27-17-9-3-10-18-27)28-19-11-4-12-20-28;/h1-20H,21-24H2;/q-1;+2. The Bertz CT molecular complexity index is 850. The van der Waals surface area contributed by atoms with Crippen LogP contribution in [0.3, 0.4) is 0 Å². The molecule has 0 N–H and O–H groups in total. The van der Waals surface area contributed by atoms with Gasteiger partial charge in [0.15, 0.2) is 0 Å². The second kappa shape index (κ2) is 13.7. The van der Waals surface area contributed by atoms with Crippen molar-refractivity contribution in [2.75, 3.05) is 25.4 Å². The molecule has 0 aliphatic carbocycles. The van der Waals surface area contributed by atoms with Crippen LogP contribution in [0.5, 0.6) is 0 Å². The van der Waals surface area contributed by atoms with Crippen molar-refractivity contribution < 1.29 is 17.1 Å². The molecule has 4 rings (SSSR count). The summed E-state index contributed by atoms with van der Waals surface area (Å²) in [6, 6.07) is 43.7. The van der Waals surface area contributed by atoms with E-state index in [9.17, 15) is 0 Å². The normalized spacial score (nSPS) is 10.8. The molecule has 32 heavy (non-hydrogen) atoms. The van der Waals surface area contributed by atoms with Gasteiger partial charge in [-0.15, -0.1) is 13.1 Å². The monoisotopic (exact) mass is 496 g/mol. The molecule has 0 fully saturated rings. The number of hydrogen-bond donors (Lipinski definition) is 0. The van der Waals surface area contributed by atoms with Crippen LogP contribution in [0.2, 0.25) is 0 Å². The van der Waals surface area contributed by atoms with Gasteiger partial charge in [-0.25, -0.2) is 0 Å². The molecular formula is C28H28FeNP2+. The van der Waals surface area contributed by atoms with E-state index < -0.39 is 0 Å². The first-order valence-electron chi connectivity index (χ1n) is 10.8. The molecule has 0 saturated carbocycles. The van der Waals surface area contributed by atoms with Crippen LogP contribution in [0.4, 0.5) is 0 Å². The Labute approximate surface area is 205 Å². The van der Waals surface area contributed by atoms with Crippen molar-refractivity contribution in [3.63, 3.8) is 0 Å². The molecule has 4 heteroatoms. The summed E-state index contributed by atoms with van der Waals surface area (Å²) < 4.78 is 0. The third kappa shape index (κ3) is 7.11. The second-order valence-corrected chi connectivity index (χ2v) is 12.0. The van der Waals surface area contributed by atoms with Gasteiger partial charge in [-0.3, -0.25) is 0 Å². The summed E-state index contributed by atoms with van der Waals surface area (Å²) in [5, 5.41) is 10.7. The van der Waals surface area contributed by atoms with E-state index in [1.165, 1.54) is 21.2 Å². The SMILES string of the molecule is [Fe+2].c1ccc(P(CC[N-]CCP(c2ccccc2)c2ccccc2)c2ccccc2)cc1. The molecule has 0 atom stereocenters. The summed E-state index contributed by atoms with van der Waals surface area (Å²) in [6.07, 6.45) is 2.22. The van der Waals surface area contributed by atoms with Crippen molar-refractivity contribution in [1.82, 2.24) is 0 Å². The van der Waals surface area contributed by atoms with E-state index in [1.807, 2.05) is 0 Å². The number of hydrogen-bond acceptors (Lipinski definition) is 0. The average molecular weight is 496 g/mol. The van der Waals surface area contributed by atoms with Gasteiger partial charge in [0.05, 0.1) is 0 Å². The van der Waals surface area contributed by atoms with Gasteiger partial charge in [0.1, 0.15) is 0 Å². The minimum atomic E-state index is -0.359. The van der Waals surface area contributed by atoms with E-state index in [-0.39, 0.29) is 32.9 Å². The molecule has 0 aliphatic rings. The van der Waals surface area contributed by atoms with Crippen molar-refractivity contribution in [2.45, 2.75) is 0 Å². The molecule has 0 spiro atoms. The quantitative estimate of drug-likeness (QED) is 0.154. The van der Waals surface area contributed by atoms with E-state index in [1.54, 1.807) is 0 Å². The van der Waals surface area contributed by atoms with Crippen molar-refractivity contribution in [1.29, 1.82) is 0 Å². The van der Waals surface area contributed by atoms with E-state index in [2.05, 4.69) is 121 Å². The topological polar surface area (TPSA) is 14.1 Å². The van der Waals surface area contributed by atoms with E-state index in [4.69, 9.17) is 5.32 Å². The van der Waals surface area contributed by atoms with Gasteiger partial charge in [0, 0.05) is 0 Å². The zero-order chi connectivity index (χ0) is 21.1. The van der Waals surface area contributed by atoms with E-state index >= 15 is 0 Å². The van der Waals surface area contributed by atoms with Crippen LogP contribution in [-0.4, -0.2) is 25.4 Å². The summed E-state index contributed by atoms with van der Waals surface area (Å²) in [4.78, 5) is 0. The maximum absolute atomic E-state index is 4.99. The summed E-state index contributed by atoms with van der Waals surface area (Å²) >= 11 is 0. The number of rotatable bonds is 10. The Morgan fingerprint density at radius 2 is 0.656 bits per heavy atom. The predicted octanol–water partition coefficient (Wildman–Crippen LogP) is 5.62. The first-order valence-corrected chi connectivity index (χ1v) is 13.9. The molecule has 0 saturated heterocycles. The summed E-state index contributed by atoms with van der Waals surface area (Å²) in [7, 11) is -0.718. The first kappa shape index (κ1) is 24.9. The maximum atomic E-state index is 4.99. The second-order valence-electron chi connectivity index (χ2n) is 7.32. The molecule has 4 aromatic carbocycles. The van der Waals surface area contributed by atoms with Crippen molar-refractivity contribution in [2.24, 2.45) is 0 Å². The third-order valence-corrected chi connectivity index (χ3v) is 10.2. The summed E-state index contributed by atoms with van der Waals surface area (Å²) in [6.45, 7) is 1.84. The molecule has 0 heterocycles. The fourth-order valence-corrected chi connectivity index (χ4v) is 8.14. The van der Waals surface area contributed by atoms with E-state index in [0.717, 1.165) is 25.4 Å². The average Bonchev–Trinajstić information content (AvgIpc) is 2.86. The zero-order valence-corrected chi connectivity index (χ0v) is 21.0. The van der Waals surface area contributed by atoms with Gasteiger partial charge in [-0.2, -0.15) is 0 Å². The van der Waals surface area contributed by atoms with Gasteiger partial charge < -0.3 is 5.32 Å². The molecule has 0 bridgehead atoms. The molecule has 162 valence electrons. The Balaban J connectivity index is 0.00000289. The maximum Gasteiger partial charge on any atom is 2.00 e.